The highest BCUT2D eigenvalue weighted by Crippen LogP contribution is 2.23. The monoisotopic (exact) mass is 241 g/mol. The van der Waals surface area contributed by atoms with E-state index in [0.29, 0.717) is 6.04 Å². The maximum Gasteiger partial charge on any atom is 0.0798 e. The fourth-order valence-corrected chi connectivity index (χ4v) is 3.05. The molecule has 2 rings (SSSR count). The lowest BCUT2D eigenvalue weighted by Gasteiger charge is -2.47. The average Bonchev–Trinajstić information content (AvgIpc) is 2.28. The molecule has 0 bridgehead atoms. The van der Waals surface area contributed by atoms with Crippen LogP contribution in [0.4, 0.5) is 0 Å². The molecule has 4 nitrogen and oxygen atoms in total. The quantitative estimate of drug-likeness (QED) is 0.720. The topological polar surface area (TPSA) is 38.7 Å². The molecule has 4 heteroatoms. The second-order valence-electron chi connectivity index (χ2n) is 5.99. The molecular formula is C13H27N3O. The van der Waals surface area contributed by atoms with Gasteiger partial charge in [0.2, 0.25) is 0 Å². The lowest BCUT2D eigenvalue weighted by Crippen LogP contribution is -2.64. The van der Waals surface area contributed by atoms with Crippen molar-refractivity contribution >= 4 is 0 Å². The lowest BCUT2D eigenvalue weighted by molar-refractivity contribution is -0.0664. The van der Waals surface area contributed by atoms with Gasteiger partial charge < -0.3 is 10.4 Å². The maximum absolute atomic E-state index is 10.5. The number of rotatable bonds is 2. The largest absolute Gasteiger partial charge is 0.388 e. The first-order valence-corrected chi connectivity index (χ1v) is 6.92. The summed E-state index contributed by atoms with van der Waals surface area (Å²) in [5.41, 5.74) is -0.523. The van der Waals surface area contributed by atoms with Crippen LogP contribution in [0.15, 0.2) is 0 Å². The van der Waals surface area contributed by atoms with E-state index in [-0.39, 0.29) is 6.04 Å². The van der Waals surface area contributed by atoms with Gasteiger partial charge in [-0.3, -0.25) is 9.80 Å². The maximum atomic E-state index is 10.5. The van der Waals surface area contributed by atoms with E-state index in [1.54, 1.807) is 0 Å². The van der Waals surface area contributed by atoms with Crippen molar-refractivity contribution < 1.29 is 5.11 Å². The summed E-state index contributed by atoms with van der Waals surface area (Å²) in [6, 6.07) is 0.924. The Morgan fingerprint density at radius 2 is 1.88 bits per heavy atom. The Morgan fingerprint density at radius 1 is 1.24 bits per heavy atom. The van der Waals surface area contributed by atoms with E-state index < -0.39 is 5.60 Å². The number of hydrogen-bond donors (Lipinski definition) is 2. The first-order chi connectivity index (χ1) is 8.00. The van der Waals surface area contributed by atoms with Crippen molar-refractivity contribution in [3.05, 3.63) is 0 Å². The first kappa shape index (κ1) is 13.3. The minimum Gasteiger partial charge on any atom is -0.388 e. The molecule has 2 unspecified atom stereocenters. The highest BCUT2D eigenvalue weighted by atomic mass is 16.3. The summed E-state index contributed by atoms with van der Waals surface area (Å²) in [5, 5.41) is 13.9. The molecule has 0 aromatic heterocycles. The molecule has 2 N–H and O–H groups in total. The van der Waals surface area contributed by atoms with E-state index in [1.807, 2.05) is 6.92 Å². The van der Waals surface area contributed by atoms with Crippen LogP contribution < -0.4 is 5.32 Å². The molecule has 0 spiro atoms. The van der Waals surface area contributed by atoms with Crippen LogP contribution in [-0.4, -0.2) is 71.9 Å². The summed E-state index contributed by atoms with van der Waals surface area (Å²) in [5.74, 6) is 0. The van der Waals surface area contributed by atoms with E-state index in [2.05, 4.69) is 29.0 Å². The molecular weight excluding hydrogens is 214 g/mol. The Hall–Kier alpha value is -0.160. The zero-order valence-corrected chi connectivity index (χ0v) is 11.4. The predicted molar refractivity (Wildman–Crippen MR) is 70.2 cm³/mol. The smallest absolute Gasteiger partial charge is 0.0798 e. The van der Waals surface area contributed by atoms with Crippen molar-refractivity contribution in [3.63, 3.8) is 0 Å². The number of piperidine rings is 1. The minimum atomic E-state index is -0.523. The average molecular weight is 241 g/mol. The van der Waals surface area contributed by atoms with Crippen LogP contribution in [0.3, 0.4) is 0 Å². The Balaban J connectivity index is 1.91. The SMILES string of the molecule is CC(C)N1CCN(C2CNCCC2(C)O)CC1. The number of aliphatic hydroxyl groups is 1. The second kappa shape index (κ2) is 5.22. The summed E-state index contributed by atoms with van der Waals surface area (Å²) in [6.45, 7) is 12.8. The third kappa shape index (κ3) is 2.99. The van der Waals surface area contributed by atoms with Crippen LogP contribution in [0.1, 0.15) is 27.2 Å². The van der Waals surface area contributed by atoms with Gasteiger partial charge in [-0.15, -0.1) is 0 Å². The molecule has 2 fully saturated rings. The normalized spacial score (nSPS) is 37.6. The number of hydrogen-bond acceptors (Lipinski definition) is 4. The van der Waals surface area contributed by atoms with E-state index in [9.17, 15) is 5.11 Å². The molecule has 0 radical (unpaired) electrons. The molecule has 0 amide bonds. The highest BCUT2D eigenvalue weighted by Gasteiger charge is 2.39. The van der Waals surface area contributed by atoms with Crippen molar-refractivity contribution in [2.45, 2.75) is 44.9 Å². The van der Waals surface area contributed by atoms with Crippen molar-refractivity contribution in [2.75, 3.05) is 39.3 Å². The van der Waals surface area contributed by atoms with Crippen LogP contribution in [0.25, 0.3) is 0 Å². The second-order valence-corrected chi connectivity index (χ2v) is 5.99. The number of piperazine rings is 1. The summed E-state index contributed by atoms with van der Waals surface area (Å²) < 4.78 is 0. The van der Waals surface area contributed by atoms with Crippen LogP contribution in [-0.2, 0) is 0 Å². The van der Waals surface area contributed by atoms with Gasteiger partial charge in [0.1, 0.15) is 0 Å². The molecule has 2 aliphatic heterocycles. The molecule has 2 atom stereocenters. The summed E-state index contributed by atoms with van der Waals surface area (Å²) in [7, 11) is 0. The van der Waals surface area contributed by atoms with Crippen LogP contribution in [0, 0.1) is 0 Å². The van der Waals surface area contributed by atoms with E-state index in [4.69, 9.17) is 0 Å². The van der Waals surface area contributed by atoms with E-state index in [0.717, 1.165) is 45.7 Å². The van der Waals surface area contributed by atoms with Gasteiger partial charge in [-0.2, -0.15) is 0 Å². The molecule has 2 aliphatic rings. The van der Waals surface area contributed by atoms with Gasteiger partial charge in [0, 0.05) is 38.8 Å². The fourth-order valence-electron chi connectivity index (χ4n) is 3.05. The summed E-state index contributed by atoms with van der Waals surface area (Å²) >= 11 is 0. The van der Waals surface area contributed by atoms with Crippen molar-refractivity contribution in [2.24, 2.45) is 0 Å². The Bertz CT molecular complexity index is 247. The molecule has 17 heavy (non-hydrogen) atoms. The third-order valence-electron chi connectivity index (χ3n) is 4.38. The summed E-state index contributed by atoms with van der Waals surface area (Å²) in [6.07, 6.45) is 0.863. The Kier molecular flexibility index (Phi) is 4.08. The zero-order valence-electron chi connectivity index (χ0n) is 11.4. The van der Waals surface area contributed by atoms with Gasteiger partial charge in [0.05, 0.1) is 11.6 Å². The Labute approximate surface area is 105 Å². The zero-order chi connectivity index (χ0) is 12.5. The van der Waals surface area contributed by atoms with Gasteiger partial charge in [-0.25, -0.2) is 0 Å². The fraction of sp³-hybridized carbons (Fsp3) is 1.00. The molecule has 0 aromatic carbocycles. The standard InChI is InChI=1S/C13H27N3O/c1-11(2)15-6-8-16(9-7-15)12-10-14-5-4-13(12,3)17/h11-12,14,17H,4-10H2,1-3H3. The van der Waals surface area contributed by atoms with Crippen LogP contribution in [0.2, 0.25) is 0 Å². The molecule has 2 saturated heterocycles. The predicted octanol–water partition coefficient (Wildman–Crippen LogP) is 0.125. The van der Waals surface area contributed by atoms with Gasteiger partial charge in [-0.1, -0.05) is 0 Å². The van der Waals surface area contributed by atoms with E-state index >= 15 is 0 Å². The minimum absolute atomic E-state index is 0.283. The summed E-state index contributed by atoms with van der Waals surface area (Å²) in [4.78, 5) is 4.98. The number of nitrogens with zero attached hydrogens (tertiary/aromatic N) is 2. The van der Waals surface area contributed by atoms with Gasteiger partial charge in [0.25, 0.3) is 0 Å². The number of nitrogens with one attached hydrogen (secondary N) is 1. The molecule has 0 aliphatic carbocycles. The van der Waals surface area contributed by atoms with Crippen LogP contribution in [0.5, 0.6) is 0 Å². The van der Waals surface area contributed by atoms with Crippen molar-refractivity contribution in [1.29, 1.82) is 0 Å². The van der Waals surface area contributed by atoms with Crippen LogP contribution >= 0.6 is 0 Å². The first-order valence-electron chi connectivity index (χ1n) is 6.92. The third-order valence-corrected chi connectivity index (χ3v) is 4.38. The van der Waals surface area contributed by atoms with Crippen molar-refractivity contribution in [3.8, 4) is 0 Å². The van der Waals surface area contributed by atoms with E-state index in [1.165, 1.54) is 0 Å². The Morgan fingerprint density at radius 3 is 2.41 bits per heavy atom. The molecule has 0 aromatic rings. The van der Waals surface area contributed by atoms with Crippen molar-refractivity contribution in [1.82, 2.24) is 15.1 Å². The molecule has 100 valence electrons. The van der Waals surface area contributed by atoms with Gasteiger partial charge in [0.15, 0.2) is 0 Å². The molecule has 2 heterocycles. The van der Waals surface area contributed by atoms with Gasteiger partial charge >= 0.3 is 0 Å². The highest BCUT2D eigenvalue weighted by molar-refractivity contribution is 4.96. The van der Waals surface area contributed by atoms with Gasteiger partial charge in [-0.05, 0) is 33.7 Å². The lowest BCUT2D eigenvalue weighted by atomic mass is 9.88. The molecule has 0 saturated carbocycles.